The van der Waals surface area contributed by atoms with Crippen molar-refractivity contribution in [1.82, 2.24) is 4.57 Å². The quantitative estimate of drug-likeness (QED) is 0.479. The molecule has 0 fully saturated rings. The van der Waals surface area contributed by atoms with E-state index < -0.39 is 34.5 Å². The summed E-state index contributed by atoms with van der Waals surface area (Å²) >= 11 is 5.96. The van der Waals surface area contributed by atoms with Gasteiger partial charge in [0, 0.05) is 6.54 Å². The number of hydrogen-bond donors (Lipinski definition) is 1. The Balaban J connectivity index is 2.80. The van der Waals surface area contributed by atoms with E-state index in [1.54, 1.807) is 27.7 Å². The Hall–Kier alpha value is -2.45. The molecule has 1 amide bonds. The van der Waals surface area contributed by atoms with E-state index in [0.717, 1.165) is 22.8 Å². The summed E-state index contributed by atoms with van der Waals surface area (Å²) in [7, 11) is 0. The number of carbonyl (C=O) groups excluding carboxylic acids is 1. The van der Waals surface area contributed by atoms with Gasteiger partial charge in [-0.05, 0) is 45.9 Å². The van der Waals surface area contributed by atoms with Crippen LogP contribution in [0.3, 0.4) is 0 Å². The molecule has 27 heavy (non-hydrogen) atoms. The number of halogens is 3. The zero-order valence-corrected chi connectivity index (χ0v) is 16.1. The molecule has 0 aliphatic carbocycles. The van der Waals surface area contributed by atoms with Crippen molar-refractivity contribution in [1.29, 1.82) is 0 Å². The maximum Gasteiger partial charge on any atom is 0.429 e. The standard InChI is InChI=1S/C18H20ClF2N3O3/c1-5-23-15(14-11(20)7-6-8-12(14)21)13(9-10(19)16(23)25)24(22)17(26)27-18(2,3)4/h6-9H,5,22H2,1-4H3. The monoisotopic (exact) mass is 399 g/mol. The molecule has 2 aromatic rings. The highest BCUT2D eigenvalue weighted by atomic mass is 35.5. The zero-order valence-electron chi connectivity index (χ0n) is 15.3. The summed E-state index contributed by atoms with van der Waals surface area (Å²) in [6.07, 6.45) is -0.974. The molecule has 0 saturated carbocycles. The third kappa shape index (κ3) is 4.28. The van der Waals surface area contributed by atoms with Crippen LogP contribution in [0.5, 0.6) is 0 Å². The predicted molar refractivity (Wildman–Crippen MR) is 99.6 cm³/mol. The molecule has 1 aromatic carbocycles. The molecule has 0 aliphatic heterocycles. The molecule has 0 bridgehead atoms. The van der Waals surface area contributed by atoms with Crippen LogP contribution in [0, 0.1) is 11.6 Å². The first-order valence-corrected chi connectivity index (χ1v) is 8.51. The van der Waals surface area contributed by atoms with Gasteiger partial charge in [-0.1, -0.05) is 17.7 Å². The van der Waals surface area contributed by atoms with Crippen LogP contribution >= 0.6 is 11.6 Å². The van der Waals surface area contributed by atoms with Crippen molar-refractivity contribution in [2.45, 2.75) is 39.8 Å². The van der Waals surface area contributed by atoms with Gasteiger partial charge in [0.1, 0.15) is 22.3 Å². The molecule has 0 radical (unpaired) electrons. The number of anilines is 1. The number of rotatable bonds is 3. The fraction of sp³-hybridized carbons (Fsp3) is 0.333. The van der Waals surface area contributed by atoms with Gasteiger partial charge in [0.15, 0.2) is 0 Å². The smallest absolute Gasteiger partial charge is 0.429 e. The molecule has 0 spiro atoms. The first-order chi connectivity index (χ1) is 12.5. The minimum Gasteiger partial charge on any atom is -0.442 e. The number of aromatic nitrogens is 1. The van der Waals surface area contributed by atoms with Crippen LogP contribution in [0.4, 0.5) is 19.3 Å². The number of carbonyl (C=O) groups is 1. The molecule has 2 rings (SSSR count). The molecule has 2 N–H and O–H groups in total. The van der Waals surface area contributed by atoms with Gasteiger partial charge < -0.3 is 9.30 Å². The lowest BCUT2D eigenvalue weighted by Crippen LogP contribution is -2.43. The van der Waals surface area contributed by atoms with Crippen molar-refractivity contribution in [2.75, 3.05) is 5.01 Å². The lowest BCUT2D eigenvalue weighted by atomic mass is 10.1. The second-order valence-corrected chi connectivity index (χ2v) is 7.13. The Morgan fingerprint density at radius 3 is 2.33 bits per heavy atom. The van der Waals surface area contributed by atoms with E-state index in [0.29, 0.717) is 5.01 Å². The van der Waals surface area contributed by atoms with E-state index in [2.05, 4.69) is 0 Å². The van der Waals surface area contributed by atoms with Crippen molar-refractivity contribution in [3.05, 3.63) is 51.3 Å². The van der Waals surface area contributed by atoms with E-state index in [1.807, 2.05) is 0 Å². The molecule has 146 valence electrons. The van der Waals surface area contributed by atoms with Crippen LogP contribution in [0.15, 0.2) is 29.1 Å². The Kier molecular flexibility index (Phi) is 5.91. The van der Waals surface area contributed by atoms with Gasteiger partial charge in [-0.2, -0.15) is 0 Å². The van der Waals surface area contributed by atoms with Crippen LogP contribution in [0.2, 0.25) is 5.02 Å². The van der Waals surface area contributed by atoms with E-state index in [1.165, 1.54) is 6.07 Å². The maximum absolute atomic E-state index is 14.4. The molecular formula is C18H20ClF2N3O3. The molecule has 0 saturated heterocycles. The summed E-state index contributed by atoms with van der Waals surface area (Å²) < 4.78 is 35.1. The van der Waals surface area contributed by atoms with E-state index in [4.69, 9.17) is 22.2 Å². The van der Waals surface area contributed by atoms with E-state index in [-0.39, 0.29) is 22.9 Å². The highest BCUT2D eigenvalue weighted by molar-refractivity contribution is 6.30. The van der Waals surface area contributed by atoms with Crippen molar-refractivity contribution < 1.29 is 18.3 Å². The van der Waals surface area contributed by atoms with Gasteiger partial charge >= 0.3 is 6.09 Å². The minimum atomic E-state index is -0.974. The fourth-order valence-corrected chi connectivity index (χ4v) is 2.71. The van der Waals surface area contributed by atoms with Crippen LogP contribution in [0.1, 0.15) is 27.7 Å². The number of hydrogen-bond acceptors (Lipinski definition) is 4. The fourth-order valence-electron chi connectivity index (χ4n) is 2.50. The van der Waals surface area contributed by atoms with Gasteiger partial charge in [-0.15, -0.1) is 0 Å². The summed E-state index contributed by atoms with van der Waals surface area (Å²) in [5.74, 6) is 4.03. The average Bonchev–Trinajstić information content (AvgIpc) is 2.55. The van der Waals surface area contributed by atoms with Crippen molar-refractivity contribution in [3.63, 3.8) is 0 Å². The first-order valence-electron chi connectivity index (χ1n) is 8.13. The highest BCUT2D eigenvalue weighted by Crippen LogP contribution is 2.34. The van der Waals surface area contributed by atoms with E-state index in [9.17, 15) is 18.4 Å². The third-order valence-corrected chi connectivity index (χ3v) is 3.86. The second-order valence-electron chi connectivity index (χ2n) is 6.72. The Bertz CT molecular complexity index is 918. The Morgan fingerprint density at radius 2 is 1.85 bits per heavy atom. The first kappa shape index (κ1) is 20.9. The highest BCUT2D eigenvalue weighted by Gasteiger charge is 2.28. The SMILES string of the molecule is CCn1c(-c2c(F)cccc2F)c(N(N)C(=O)OC(C)(C)C)cc(Cl)c1=O. The molecule has 0 atom stereocenters. The summed E-state index contributed by atoms with van der Waals surface area (Å²) in [5.41, 5.74) is -2.41. The number of nitrogens with zero attached hydrogens (tertiary/aromatic N) is 2. The zero-order chi connectivity index (χ0) is 20.5. The third-order valence-electron chi connectivity index (χ3n) is 3.59. The molecule has 6 nitrogen and oxygen atoms in total. The molecule has 0 unspecified atom stereocenters. The summed E-state index contributed by atoms with van der Waals surface area (Å²) in [6, 6.07) is 4.35. The van der Waals surface area contributed by atoms with Gasteiger partial charge in [0.05, 0.1) is 16.9 Å². The van der Waals surface area contributed by atoms with Crippen LogP contribution in [-0.4, -0.2) is 16.3 Å². The normalized spacial score (nSPS) is 11.4. The van der Waals surface area contributed by atoms with Crippen LogP contribution in [0.25, 0.3) is 11.3 Å². The van der Waals surface area contributed by atoms with Crippen LogP contribution in [-0.2, 0) is 11.3 Å². The van der Waals surface area contributed by atoms with Crippen molar-refractivity contribution in [3.8, 4) is 11.3 Å². The number of benzene rings is 1. The van der Waals surface area contributed by atoms with Crippen molar-refractivity contribution >= 4 is 23.4 Å². The minimum absolute atomic E-state index is 0.0393. The molecule has 1 aromatic heterocycles. The lowest BCUT2D eigenvalue weighted by molar-refractivity contribution is 0.0580. The van der Waals surface area contributed by atoms with Gasteiger partial charge in [0.25, 0.3) is 5.56 Å². The van der Waals surface area contributed by atoms with Gasteiger partial charge in [-0.25, -0.2) is 24.4 Å². The number of ether oxygens (including phenoxy) is 1. The molecule has 1 heterocycles. The largest absolute Gasteiger partial charge is 0.442 e. The Morgan fingerprint density at radius 1 is 1.30 bits per heavy atom. The number of amides is 1. The number of nitrogens with two attached hydrogens (primary N) is 1. The predicted octanol–water partition coefficient (Wildman–Crippen LogP) is 4.08. The molecular weight excluding hydrogens is 380 g/mol. The van der Waals surface area contributed by atoms with Gasteiger partial charge in [0.2, 0.25) is 0 Å². The molecule has 9 heteroatoms. The number of hydrazine groups is 1. The van der Waals surface area contributed by atoms with E-state index >= 15 is 0 Å². The second kappa shape index (κ2) is 7.66. The van der Waals surface area contributed by atoms with Crippen LogP contribution < -0.4 is 16.4 Å². The topological polar surface area (TPSA) is 77.6 Å². The Labute approximate surface area is 160 Å². The average molecular weight is 400 g/mol. The van der Waals surface area contributed by atoms with Crippen molar-refractivity contribution in [2.24, 2.45) is 5.84 Å². The van der Waals surface area contributed by atoms with Gasteiger partial charge in [-0.3, -0.25) is 4.79 Å². The summed E-state index contributed by atoms with van der Waals surface area (Å²) in [4.78, 5) is 24.8. The maximum atomic E-state index is 14.4. The summed E-state index contributed by atoms with van der Waals surface area (Å²) in [6.45, 7) is 6.54. The molecule has 0 aliphatic rings. The lowest BCUT2D eigenvalue weighted by Gasteiger charge is -2.27. The summed E-state index contributed by atoms with van der Waals surface area (Å²) in [5, 5.41) is 0.315. The number of pyridine rings is 1.